The van der Waals surface area contributed by atoms with Crippen molar-refractivity contribution in [1.29, 1.82) is 0 Å². The highest BCUT2D eigenvalue weighted by Gasteiger charge is 2.06. The van der Waals surface area contributed by atoms with Gasteiger partial charge in [-0.15, -0.1) is 0 Å². The van der Waals surface area contributed by atoms with Crippen LogP contribution in [0.5, 0.6) is 5.75 Å². The maximum atomic E-state index is 12.0. The van der Waals surface area contributed by atoms with Crippen molar-refractivity contribution < 1.29 is 9.53 Å². The Kier molecular flexibility index (Phi) is 6.39. The molecule has 0 saturated carbocycles. The second-order valence-corrected chi connectivity index (χ2v) is 4.77. The van der Waals surface area contributed by atoms with E-state index in [9.17, 15) is 4.79 Å². The van der Waals surface area contributed by atoms with E-state index in [-0.39, 0.29) is 5.91 Å². The van der Waals surface area contributed by atoms with Crippen molar-refractivity contribution in [3.05, 3.63) is 54.4 Å². The number of anilines is 1. The van der Waals surface area contributed by atoms with Crippen LogP contribution < -0.4 is 15.4 Å². The lowest BCUT2D eigenvalue weighted by atomic mass is 10.2. The fraction of sp³-hybridized carbons (Fsp3) is 0.294. The van der Waals surface area contributed by atoms with E-state index < -0.39 is 0 Å². The van der Waals surface area contributed by atoms with E-state index in [0.717, 1.165) is 5.56 Å². The van der Waals surface area contributed by atoms with Gasteiger partial charge in [-0.2, -0.15) is 0 Å². The molecule has 5 heteroatoms. The van der Waals surface area contributed by atoms with Crippen molar-refractivity contribution in [3.8, 4) is 5.75 Å². The Balaban J connectivity index is 1.74. The number of benzene rings is 1. The highest BCUT2D eigenvalue weighted by atomic mass is 16.5. The van der Waals surface area contributed by atoms with Gasteiger partial charge in [-0.25, -0.2) is 0 Å². The number of nitrogens with one attached hydrogen (secondary N) is 2. The van der Waals surface area contributed by atoms with Gasteiger partial charge in [-0.05, 0) is 30.7 Å². The van der Waals surface area contributed by atoms with Crippen LogP contribution in [0.4, 0.5) is 5.69 Å². The molecule has 0 fully saturated rings. The second-order valence-electron chi connectivity index (χ2n) is 4.77. The third-order valence-corrected chi connectivity index (χ3v) is 3.04. The van der Waals surface area contributed by atoms with Crippen molar-refractivity contribution in [3.63, 3.8) is 0 Å². The molecular weight excluding hydrogens is 278 g/mol. The van der Waals surface area contributed by atoms with Gasteiger partial charge in [0.1, 0.15) is 5.75 Å². The zero-order chi connectivity index (χ0) is 15.6. The molecule has 2 N–H and O–H groups in total. The predicted octanol–water partition coefficient (Wildman–Crippen LogP) is 2.60. The molecule has 0 saturated heterocycles. The molecule has 2 aromatic rings. The molecule has 1 amide bonds. The van der Waals surface area contributed by atoms with Gasteiger partial charge in [0.05, 0.1) is 12.3 Å². The second kappa shape index (κ2) is 8.79. The summed E-state index contributed by atoms with van der Waals surface area (Å²) in [6.07, 6.45) is 3.96. The lowest BCUT2D eigenvalue weighted by Crippen LogP contribution is -2.21. The molecule has 0 spiro atoms. The Bertz CT molecular complexity index is 587. The molecule has 1 aromatic carbocycles. The zero-order valence-electron chi connectivity index (χ0n) is 12.7. The third kappa shape index (κ3) is 5.18. The highest BCUT2D eigenvalue weighted by molar-refractivity contribution is 5.92. The Labute approximate surface area is 130 Å². The summed E-state index contributed by atoms with van der Waals surface area (Å²) in [5.41, 5.74) is 1.81. The molecule has 0 atom stereocenters. The molecule has 22 heavy (non-hydrogen) atoms. The van der Waals surface area contributed by atoms with E-state index in [1.807, 2.05) is 49.5 Å². The number of para-hydroxylation sites is 2. The molecule has 0 aliphatic carbocycles. The molecule has 116 valence electrons. The van der Waals surface area contributed by atoms with Gasteiger partial charge in [0, 0.05) is 31.9 Å². The van der Waals surface area contributed by atoms with Gasteiger partial charge in [0.15, 0.2) is 0 Å². The molecule has 0 aliphatic rings. The minimum atomic E-state index is -0.0363. The Morgan fingerprint density at radius 3 is 2.86 bits per heavy atom. The SMILES string of the molecule is CCOc1ccccc1NC(=O)CCNCc1cccnc1. The Hall–Kier alpha value is -2.40. The van der Waals surface area contributed by atoms with Crippen molar-refractivity contribution in [2.24, 2.45) is 0 Å². The number of rotatable bonds is 8. The molecule has 0 aliphatic heterocycles. The highest BCUT2D eigenvalue weighted by Crippen LogP contribution is 2.23. The summed E-state index contributed by atoms with van der Waals surface area (Å²) in [7, 11) is 0. The van der Waals surface area contributed by atoms with Crippen LogP contribution in [0.1, 0.15) is 18.9 Å². The van der Waals surface area contributed by atoms with Crippen molar-refractivity contribution >= 4 is 11.6 Å². The lowest BCUT2D eigenvalue weighted by molar-refractivity contribution is -0.116. The summed E-state index contributed by atoms with van der Waals surface area (Å²) in [5, 5.41) is 6.10. The molecule has 0 unspecified atom stereocenters. The summed E-state index contributed by atoms with van der Waals surface area (Å²) in [6, 6.07) is 11.3. The van der Waals surface area contributed by atoms with Gasteiger partial charge in [-0.3, -0.25) is 9.78 Å². The van der Waals surface area contributed by atoms with Crippen LogP contribution in [0.2, 0.25) is 0 Å². The number of hydrogen-bond donors (Lipinski definition) is 2. The van der Waals surface area contributed by atoms with E-state index in [0.29, 0.717) is 37.6 Å². The lowest BCUT2D eigenvalue weighted by Gasteiger charge is -2.11. The fourth-order valence-electron chi connectivity index (χ4n) is 2.00. The summed E-state index contributed by atoms with van der Waals surface area (Å²) >= 11 is 0. The number of carbonyl (C=O) groups excluding carboxylic acids is 1. The number of aromatic nitrogens is 1. The van der Waals surface area contributed by atoms with E-state index in [2.05, 4.69) is 15.6 Å². The summed E-state index contributed by atoms with van der Waals surface area (Å²) < 4.78 is 5.48. The van der Waals surface area contributed by atoms with Crippen LogP contribution in [0.15, 0.2) is 48.8 Å². The van der Waals surface area contributed by atoms with Gasteiger partial charge < -0.3 is 15.4 Å². The van der Waals surface area contributed by atoms with Crippen LogP contribution in [0.3, 0.4) is 0 Å². The Morgan fingerprint density at radius 1 is 1.23 bits per heavy atom. The molecule has 2 rings (SSSR count). The standard InChI is InChI=1S/C17H21N3O2/c1-2-22-16-8-4-3-7-15(16)20-17(21)9-11-19-13-14-6-5-10-18-12-14/h3-8,10,12,19H,2,9,11,13H2,1H3,(H,20,21). The summed E-state index contributed by atoms with van der Waals surface area (Å²) in [4.78, 5) is 16.0. The molecule has 5 nitrogen and oxygen atoms in total. The first-order valence-corrected chi connectivity index (χ1v) is 7.41. The number of pyridine rings is 1. The van der Waals surface area contributed by atoms with Crippen LogP contribution >= 0.6 is 0 Å². The van der Waals surface area contributed by atoms with Crippen molar-refractivity contribution in [2.45, 2.75) is 19.9 Å². The Morgan fingerprint density at radius 2 is 2.09 bits per heavy atom. The average molecular weight is 299 g/mol. The van der Waals surface area contributed by atoms with Crippen molar-refractivity contribution in [1.82, 2.24) is 10.3 Å². The fourth-order valence-corrected chi connectivity index (χ4v) is 2.00. The molecule has 0 bridgehead atoms. The number of amides is 1. The molecule has 1 aromatic heterocycles. The number of hydrogen-bond acceptors (Lipinski definition) is 4. The minimum Gasteiger partial charge on any atom is -0.492 e. The first-order valence-electron chi connectivity index (χ1n) is 7.41. The minimum absolute atomic E-state index is 0.0363. The summed E-state index contributed by atoms with van der Waals surface area (Å²) in [6.45, 7) is 3.80. The number of carbonyl (C=O) groups is 1. The quantitative estimate of drug-likeness (QED) is 0.735. The average Bonchev–Trinajstić information content (AvgIpc) is 2.55. The smallest absolute Gasteiger partial charge is 0.225 e. The molecule has 0 radical (unpaired) electrons. The van der Waals surface area contributed by atoms with Gasteiger partial charge in [0.25, 0.3) is 0 Å². The van der Waals surface area contributed by atoms with E-state index in [1.54, 1.807) is 6.20 Å². The van der Waals surface area contributed by atoms with Crippen LogP contribution in [0, 0.1) is 0 Å². The van der Waals surface area contributed by atoms with E-state index in [4.69, 9.17) is 4.74 Å². The van der Waals surface area contributed by atoms with Crippen LogP contribution in [0.25, 0.3) is 0 Å². The first kappa shape index (κ1) is 16.0. The normalized spacial score (nSPS) is 10.2. The van der Waals surface area contributed by atoms with Crippen LogP contribution in [-0.2, 0) is 11.3 Å². The zero-order valence-corrected chi connectivity index (χ0v) is 12.7. The first-order chi connectivity index (χ1) is 10.8. The largest absolute Gasteiger partial charge is 0.492 e. The van der Waals surface area contributed by atoms with E-state index >= 15 is 0 Å². The number of ether oxygens (including phenoxy) is 1. The maximum absolute atomic E-state index is 12.0. The maximum Gasteiger partial charge on any atom is 0.225 e. The van der Waals surface area contributed by atoms with E-state index in [1.165, 1.54) is 0 Å². The summed E-state index contributed by atoms with van der Waals surface area (Å²) in [5.74, 6) is 0.660. The molecule has 1 heterocycles. The topological polar surface area (TPSA) is 63.2 Å². The van der Waals surface area contributed by atoms with Crippen LogP contribution in [-0.4, -0.2) is 24.0 Å². The number of nitrogens with zero attached hydrogens (tertiary/aromatic N) is 1. The third-order valence-electron chi connectivity index (χ3n) is 3.04. The molecular formula is C17H21N3O2. The van der Waals surface area contributed by atoms with Gasteiger partial charge in [-0.1, -0.05) is 18.2 Å². The van der Waals surface area contributed by atoms with Crippen molar-refractivity contribution in [2.75, 3.05) is 18.5 Å². The monoisotopic (exact) mass is 299 g/mol. The van der Waals surface area contributed by atoms with Gasteiger partial charge in [0.2, 0.25) is 5.91 Å². The predicted molar refractivity (Wildman–Crippen MR) is 86.8 cm³/mol. The van der Waals surface area contributed by atoms with Gasteiger partial charge >= 0.3 is 0 Å².